The zero-order chi connectivity index (χ0) is 23.4. The zero-order valence-electron chi connectivity index (χ0n) is 18.8. The standard InChI is InChI=1S/C26H24N4O3/c1-16(2)23-14-22(24-17(3)30-33-26(24)29-23)25(31)28-20-6-4-5-19(13-20)15-32-21-9-7-18(8-10-21)11-12-27/h4-10,13-14,16H,11,15H2,1-3H3,(H,28,31). The smallest absolute Gasteiger partial charge is 0.259 e. The van der Waals surface area contributed by atoms with Gasteiger partial charge in [-0.15, -0.1) is 0 Å². The summed E-state index contributed by atoms with van der Waals surface area (Å²) in [4.78, 5) is 17.7. The Hall–Kier alpha value is -4.18. The van der Waals surface area contributed by atoms with Crippen LogP contribution in [-0.4, -0.2) is 16.0 Å². The number of carbonyl (C=O) groups is 1. The number of aromatic nitrogens is 2. The summed E-state index contributed by atoms with van der Waals surface area (Å²) in [5, 5.41) is 16.3. The number of rotatable bonds is 7. The van der Waals surface area contributed by atoms with Gasteiger partial charge in [-0.2, -0.15) is 5.26 Å². The molecule has 0 aliphatic heterocycles. The summed E-state index contributed by atoms with van der Waals surface area (Å²) in [5.74, 6) is 0.608. The molecule has 166 valence electrons. The Morgan fingerprint density at radius 2 is 1.94 bits per heavy atom. The van der Waals surface area contributed by atoms with Gasteiger partial charge in [0.25, 0.3) is 11.6 Å². The van der Waals surface area contributed by atoms with Crippen molar-refractivity contribution in [2.45, 2.75) is 39.7 Å². The van der Waals surface area contributed by atoms with Crippen LogP contribution in [-0.2, 0) is 13.0 Å². The van der Waals surface area contributed by atoms with E-state index in [2.05, 4.69) is 21.5 Å². The predicted octanol–water partition coefficient (Wildman–Crippen LogP) is 5.55. The van der Waals surface area contributed by atoms with Gasteiger partial charge in [0.1, 0.15) is 12.4 Å². The van der Waals surface area contributed by atoms with Gasteiger partial charge in [0.05, 0.1) is 29.1 Å². The van der Waals surface area contributed by atoms with Gasteiger partial charge in [0.2, 0.25) is 0 Å². The average Bonchev–Trinajstić information content (AvgIpc) is 3.19. The fourth-order valence-electron chi connectivity index (χ4n) is 3.49. The van der Waals surface area contributed by atoms with Gasteiger partial charge in [-0.25, -0.2) is 4.98 Å². The molecule has 0 fully saturated rings. The number of nitrogens with zero attached hydrogens (tertiary/aromatic N) is 3. The molecule has 0 unspecified atom stereocenters. The van der Waals surface area contributed by atoms with E-state index in [1.54, 1.807) is 13.0 Å². The fraction of sp³-hybridized carbons (Fsp3) is 0.231. The lowest BCUT2D eigenvalue weighted by Crippen LogP contribution is -2.14. The van der Waals surface area contributed by atoms with Gasteiger partial charge in [0.15, 0.2) is 0 Å². The molecule has 1 amide bonds. The fourth-order valence-corrected chi connectivity index (χ4v) is 3.49. The highest BCUT2D eigenvalue weighted by Crippen LogP contribution is 2.26. The second kappa shape index (κ2) is 9.53. The molecule has 2 aromatic heterocycles. The van der Waals surface area contributed by atoms with Crippen molar-refractivity contribution in [1.29, 1.82) is 5.26 Å². The van der Waals surface area contributed by atoms with E-state index in [1.807, 2.05) is 62.4 Å². The van der Waals surface area contributed by atoms with Crippen molar-refractivity contribution >= 4 is 22.7 Å². The minimum Gasteiger partial charge on any atom is -0.489 e. The normalized spacial score (nSPS) is 10.9. The molecule has 7 heteroatoms. The number of carbonyl (C=O) groups excluding carboxylic acids is 1. The quantitative estimate of drug-likeness (QED) is 0.404. The maximum absolute atomic E-state index is 13.2. The molecule has 0 spiro atoms. The Bertz CT molecular complexity index is 1330. The monoisotopic (exact) mass is 440 g/mol. The number of pyridine rings is 1. The first-order valence-corrected chi connectivity index (χ1v) is 10.7. The summed E-state index contributed by atoms with van der Waals surface area (Å²) in [6.45, 7) is 6.17. The molecule has 4 aromatic rings. The maximum Gasteiger partial charge on any atom is 0.259 e. The molecule has 0 saturated heterocycles. The van der Waals surface area contributed by atoms with Crippen LogP contribution < -0.4 is 10.1 Å². The van der Waals surface area contributed by atoms with Crippen LogP contribution in [0.25, 0.3) is 11.1 Å². The van der Waals surface area contributed by atoms with Crippen molar-refractivity contribution in [2.24, 2.45) is 0 Å². The van der Waals surface area contributed by atoms with E-state index >= 15 is 0 Å². The van der Waals surface area contributed by atoms with Crippen LogP contribution in [0.3, 0.4) is 0 Å². The number of anilines is 1. The van der Waals surface area contributed by atoms with Crippen LogP contribution in [0.2, 0.25) is 0 Å². The lowest BCUT2D eigenvalue weighted by molar-refractivity contribution is 0.102. The van der Waals surface area contributed by atoms with E-state index in [1.165, 1.54) is 0 Å². The Morgan fingerprint density at radius 1 is 1.15 bits per heavy atom. The summed E-state index contributed by atoms with van der Waals surface area (Å²) in [5.41, 5.74) is 4.78. The maximum atomic E-state index is 13.2. The molecular formula is C26H24N4O3. The predicted molar refractivity (Wildman–Crippen MR) is 125 cm³/mol. The summed E-state index contributed by atoms with van der Waals surface area (Å²) in [6.07, 6.45) is 0.374. The van der Waals surface area contributed by atoms with Crippen molar-refractivity contribution in [3.8, 4) is 11.8 Å². The number of amides is 1. The summed E-state index contributed by atoms with van der Waals surface area (Å²) >= 11 is 0. The number of nitrogens with one attached hydrogen (secondary N) is 1. The average molecular weight is 441 g/mol. The first-order valence-electron chi connectivity index (χ1n) is 10.7. The Morgan fingerprint density at radius 3 is 2.67 bits per heavy atom. The molecule has 0 aliphatic carbocycles. The molecule has 0 bridgehead atoms. The highest BCUT2D eigenvalue weighted by atomic mass is 16.5. The van der Waals surface area contributed by atoms with Crippen LogP contribution in [0.15, 0.2) is 59.1 Å². The Labute approximate surface area is 192 Å². The molecule has 0 saturated carbocycles. The van der Waals surface area contributed by atoms with E-state index in [-0.39, 0.29) is 11.8 Å². The third-order valence-electron chi connectivity index (χ3n) is 5.27. The van der Waals surface area contributed by atoms with Crippen LogP contribution in [0.4, 0.5) is 5.69 Å². The van der Waals surface area contributed by atoms with Crippen molar-refractivity contribution in [3.63, 3.8) is 0 Å². The number of aryl methyl sites for hydroxylation is 1. The minimum absolute atomic E-state index is 0.140. The van der Waals surface area contributed by atoms with E-state index in [9.17, 15) is 4.79 Å². The molecule has 4 rings (SSSR count). The SMILES string of the molecule is Cc1noc2nc(C(C)C)cc(C(=O)Nc3cccc(COc4ccc(CC#N)cc4)c3)c12. The lowest BCUT2D eigenvalue weighted by Gasteiger charge is -2.11. The van der Waals surface area contributed by atoms with E-state index < -0.39 is 0 Å². The van der Waals surface area contributed by atoms with Crippen LogP contribution >= 0.6 is 0 Å². The topological polar surface area (TPSA) is 101 Å². The van der Waals surface area contributed by atoms with Crippen molar-refractivity contribution < 1.29 is 14.1 Å². The van der Waals surface area contributed by atoms with Gasteiger partial charge >= 0.3 is 0 Å². The Balaban J connectivity index is 1.50. The van der Waals surface area contributed by atoms with Crippen LogP contribution in [0.1, 0.15) is 52.6 Å². The third-order valence-corrected chi connectivity index (χ3v) is 5.27. The van der Waals surface area contributed by atoms with Gasteiger partial charge in [-0.3, -0.25) is 4.79 Å². The van der Waals surface area contributed by atoms with Gasteiger partial charge in [-0.05, 0) is 54.3 Å². The second-order valence-electron chi connectivity index (χ2n) is 8.12. The summed E-state index contributed by atoms with van der Waals surface area (Å²) in [6, 6.07) is 18.9. The zero-order valence-corrected chi connectivity index (χ0v) is 18.8. The molecule has 2 aromatic carbocycles. The number of hydrogen-bond donors (Lipinski definition) is 1. The summed E-state index contributed by atoms with van der Waals surface area (Å²) in [7, 11) is 0. The lowest BCUT2D eigenvalue weighted by atomic mass is 10.0. The first-order chi connectivity index (χ1) is 15.9. The van der Waals surface area contributed by atoms with Crippen molar-refractivity contribution in [1.82, 2.24) is 10.1 Å². The van der Waals surface area contributed by atoms with Crippen molar-refractivity contribution in [2.75, 3.05) is 5.32 Å². The van der Waals surface area contributed by atoms with Gasteiger partial charge in [0, 0.05) is 11.4 Å². The molecule has 0 aliphatic rings. The highest BCUT2D eigenvalue weighted by Gasteiger charge is 2.20. The molecule has 2 heterocycles. The van der Waals surface area contributed by atoms with Crippen molar-refractivity contribution in [3.05, 3.63) is 82.7 Å². The first kappa shape index (κ1) is 22.0. The van der Waals surface area contributed by atoms with E-state index in [0.717, 1.165) is 22.6 Å². The largest absolute Gasteiger partial charge is 0.489 e. The third kappa shape index (κ3) is 5.01. The Kier molecular flexibility index (Phi) is 6.36. The number of ether oxygens (including phenoxy) is 1. The van der Waals surface area contributed by atoms with Crippen LogP contribution in [0, 0.1) is 18.3 Å². The molecule has 7 nitrogen and oxygen atoms in total. The van der Waals surface area contributed by atoms with Gasteiger partial charge < -0.3 is 14.6 Å². The minimum atomic E-state index is -0.248. The number of benzene rings is 2. The molecular weight excluding hydrogens is 416 g/mol. The van der Waals surface area contributed by atoms with Gasteiger partial charge in [-0.1, -0.05) is 43.3 Å². The molecule has 1 N–H and O–H groups in total. The second-order valence-corrected chi connectivity index (χ2v) is 8.12. The molecule has 0 atom stereocenters. The number of fused-ring (bicyclic) bond motifs is 1. The molecule has 33 heavy (non-hydrogen) atoms. The number of hydrogen-bond acceptors (Lipinski definition) is 6. The van der Waals surface area contributed by atoms with E-state index in [0.29, 0.717) is 41.1 Å². The summed E-state index contributed by atoms with van der Waals surface area (Å²) < 4.78 is 11.2. The number of nitriles is 1. The highest BCUT2D eigenvalue weighted by molar-refractivity contribution is 6.12. The van der Waals surface area contributed by atoms with Crippen LogP contribution in [0.5, 0.6) is 5.75 Å². The van der Waals surface area contributed by atoms with E-state index in [4.69, 9.17) is 14.5 Å². The molecule has 0 radical (unpaired) electrons.